The van der Waals surface area contributed by atoms with Gasteiger partial charge in [0.15, 0.2) is 5.76 Å². The van der Waals surface area contributed by atoms with Crippen LogP contribution in [-0.2, 0) is 6.54 Å². The van der Waals surface area contributed by atoms with Crippen molar-refractivity contribution < 1.29 is 9.63 Å². The van der Waals surface area contributed by atoms with Crippen molar-refractivity contribution in [1.82, 2.24) is 15.0 Å². The molecular formula is C13H23N3O2. The number of nitrogens with zero attached hydrogens (tertiary/aromatic N) is 3. The van der Waals surface area contributed by atoms with E-state index in [1.165, 1.54) is 0 Å². The molecule has 0 aliphatic carbocycles. The Labute approximate surface area is 108 Å². The van der Waals surface area contributed by atoms with E-state index in [2.05, 4.69) is 21.9 Å². The quantitative estimate of drug-likeness (QED) is 0.863. The molecule has 2 heterocycles. The van der Waals surface area contributed by atoms with Gasteiger partial charge in [0, 0.05) is 38.3 Å². The van der Waals surface area contributed by atoms with E-state index in [1.807, 2.05) is 19.9 Å². The van der Waals surface area contributed by atoms with Gasteiger partial charge in [-0.25, -0.2) is 0 Å². The molecule has 2 rings (SSSR count). The SMILES string of the molecule is Cc1cc(CN2CCN(C[C@H](C)O)[C@@H](C)C2)on1. The van der Waals surface area contributed by atoms with Crippen molar-refractivity contribution in [3.63, 3.8) is 0 Å². The number of hydrogen-bond acceptors (Lipinski definition) is 5. The Bertz CT molecular complexity index is 378. The molecular weight excluding hydrogens is 230 g/mol. The van der Waals surface area contributed by atoms with Crippen LogP contribution in [0.3, 0.4) is 0 Å². The summed E-state index contributed by atoms with van der Waals surface area (Å²) in [7, 11) is 0. The van der Waals surface area contributed by atoms with Crippen LogP contribution < -0.4 is 0 Å². The third-order valence-corrected chi connectivity index (χ3v) is 3.40. The van der Waals surface area contributed by atoms with E-state index < -0.39 is 0 Å². The first-order valence-corrected chi connectivity index (χ1v) is 6.61. The van der Waals surface area contributed by atoms with Gasteiger partial charge in [-0.15, -0.1) is 0 Å². The van der Waals surface area contributed by atoms with Gasteiger partial charge in [-0.1, -0.05) is 5.16 Å². The molecule has 0 unspecified atom stereocenters. The number of piperazine rings is 1. The first-order chi connectivity index (χ1) is 8.54. The van der Waals surface area contributed by atoms with Gasteiger partial charge in [0.2, 0.25) is 0 Å². The average Bonchev–Trinajstić information content (AvgIpc) is 2.68. The number of aliphatic hydroxyl groups is 1. The molecule has 2 atom stereocenters. The Morgan fingerprint density at radius 2 is 2.33 bits per heavy atom. The summed E-state index contributed by atoms with van der Waals surface area (Å²) in [6, 6.07) is 2.46. The van der Waals surface area contributed by atoms with Crippen LogP contribution in [0.15, 0.2) is 10.6 Å². The fraction of sp³-hybridized carbons (Fsp3) is 0.769. The lowest BCUT2D eigenvalue weighted by atomic mass is 10.1. The highest BCUT2D eigenvalue weighted by Gasteiger charge is 2.24. The van der Waals surface area contributed by atoms with E-state index >= 15 is 0 Å². The maximum atomic E-state index is 9.45. The summed E-state index contributed by atoms with van der Waals surface area (Å²) >= 11 is 0. The van der Waals surface area contributed by atoms with Crippen LogP contribution in [0.4, 0.5) is 0 Å². The number of hydrogen-bond donors (Lipinski definition) is 1. The van der Waals surface area contributed by atoms with E-state index in [0.29, 0.717) is 6.04 Å². The molecule has 0 saturated carbocycles. The fourth-order valence-electron chi connectivity index (χ4n) is 2.54. The van der Waals surface area contributed by atoms with Crippen LogP contribution >= 0.6 is 0 Å². The number of β-amino-alcohol motifs (C(OH)–C–C–N with tert-alkyl or cyclic N) is 1. The minimum absolute atomic E-state index is 0.254. The predicted octanol–water partition coefficient (Wildman–Crippen LogP) is 0.870. The van der Waals surface area contributed by atoms with Crippen LogP contribution in [0.1, 0.15) is 25.3 Å². The Morgan fingerprint density at radius 3 is 2.89 bits per heavy atom. The van der Waals surface area contributed by atoms with Gasteiger partial charge in [-0.2, -0.15) is 0 Å². The second kappa shape index (κ2) is 5.82. The highest BCUT2D eigenvalue weighted by molar-refractivity contribution is 5.03. The van der Waals surface area contributed by atoms with Crippen molar-refractivity contribution in [3.05, 3.63) is 17.5 Å². The van der Waals surface area contributed by atoms with Gasteiger partial charge in [0.1, 0.15) is 0 Å². The highest BCUT2D eigenvalue weighted by atomic mass is 16.5. The van der Waals surface area contributed by atoms with E-state index in [-0.39, 0.29) is 6.10 Å². The maximum absolute atomic E-state index is 9.45. The Morgan fingerprint density at radius 1 is 1.56 bits per heavy atom. The summed E-state index contributed by atoms with van der Waals surface area (Å²) in [5.74, 6) is 0.934. The van der Waals surface area contributed by atoms with Gasteiger partial charge in [0.25, 0.3) is 0 Å². The second-order valence-electron chi connectivity index (χ2n) is 5.36. The molecule has 1 saturated heterocycles. The monoisotopic (exact) mass is 253 g/mol. The van der Waals surface area contributed by atoms with Gasteiger partial charge >= 0.3 is 0 Å². The molecule has 1 fully saturated rings. The normalized spacial score (nSPS) is 24.3. The summed E-state index contributed by atoms with van der Waals surface area (Å²) in [4.78, 5) is 4.72. The number of rotatable bonds is 4. The maximum Gasteiger partial charge on any atom is 0.150 e. The van der Waals surface area contributed by atoms with Crippen LogP contribution in [-0.4, -0.2) is 58.4 Å². The van der Waals surface area contributed by atoms with Crippen molar-refractivity contribution in [2.24, 2.45) is 0 Å². The summed E-state index contributed by atoms with van der Waals surface area (Å²) in [5, 5.41) is 13.4. The van der Waals surface area contributed by atoms with Crippen LogP contribution in [0.2, 0.25) is 0 Å². The Hall–Kier alpha value is -0.910. The molecule has 1 aromatic rings. The van der Waals surface area contributed by atoms with Crippen molar-refractivity contribution in [2.75, 3.05) is 26.2 Å². The molecule has 0 spiro atoms. The molecule has 1 aliphatic rings. The molecule has 0 bridgehead atoms. The first kappa shape index (κ1) is 13.5. The van der Waals surface area contributed by atoms with Crippen LogP contribution in [0.5, 0.6) is 0 Å². The van der Waals surface area contributed by atoms with E-state index in [9.17, 15) is 5.11 Å². The standard InChI is InChI=1S/C13H23N3O2/c1-10-6-13(18-14-10)9-15-4-5-16(8-12(3)17)11(2)7-15/h6,11-12,17H,4-5,7-9H2,1-3H3/t11-,12-/m0/s1. The fourth-order valence-corrected chi connectivity index (χ4v) is 2.54. The zero-order chi connectivity index (χ0) is 13.1. The number of aliphatic hydroxyl groups excluding tert-OH is 1. The third kappa shape index (κ3) is 3.54. The molecule has 1 N–H and O–H groups in total. The Kier molecular flexibility index (Phi) is 4.37. The van der Waals surface area contributed by atoms with Gasteiger partial charge in [0.05, 0.1) is 18.3 Å². The molecule has 5 nitrogen and oxygen atoms in total. The molecule has 0 radical (unpaired) electrons. The van der Waals surface area contributed by atoms with E-state index in [4.69, 9.17) is 4.52 Å². The summed E-state index contributed by atoms with van der Waals surface area (Å²) in [6.45, 7) is 10.6. The molecule has 0 amide bonds. The smallest absolute Gasteiger partial charge is 0.150 e. The van der Waals surface area contributed by atoms with Crippen LogP contribution in [0, 0.1) is 6.92 Å². The third-order valence-electron chi connectivity index (χ3n) is 3.40. The van der Waals surface area contributed by atoms with Crippen molar-refractivity contribution in [2.45, 2.75) is 39.5 Å². The topological polar surface area (TPSA) is 52.7 Å². The lowest BCUT2D eigenvalue weighted by molar-refractivity contribution is 0.0392. The first-order valence-electron chi connectivity index (χ1n) is 6.61. The van der Waals surface area contributed by atoms with E-state index in [0.717, 1.165) is 44.2 Å². The molecule has 1 aromatic heterocycles. The van der Waals surface area contributed by atoms with Crippen molar-refractivity contribution in [1.29, 1.82) is 0 Å². The zero-order valence-electron chi connectivity index (χ0n) is 11.5. The Balaban J connectivity index is 1.84. The zero-order valence-corrected chi connectivity index (χ0v) is 11.5. The summed E-state index contributed by atoms with van der Waals surface area (Å²) in [6.07, 6.45) is -0.254. The van der Waals surface area contributed by atoms with Crippen LogP contribution in [0.25, 0.3) is 0 Å². The highest BCUT2D eigenvalue weighted by Crippen LogP contribution is 2.14. The molecule has 0 aromatic carbocycles. The van der Waals surface area contributed by atoms with Gasteiger partial charge < -0.3 is 9.63 Å². The van der Waals surface area contributed by atoms with Crippen molar-refractivity contribution in [3.8, 4) is 0 Å². The average molecular weight is 253 g/mol. The molecule has 1 aliphatic heterocycles. The minimum atomic E-state index is -0.254. The van der Waals surface area contributed by atoms with Gasteiger partial charge in [-0.05, 0) is 20.8 Å². The second-order valence-corrected chi connectivity index (χ2v) is 5.36. The lowest BCUT2D eigenvalue weighted by Gasteiger charge is -2.40. The minimum Gasteiger partial charge on any atom is -0.392 e. The van der Waals surface area contributed by atoms with E-state index in [1.54, 1.807) is 0 Å². The molecule has 5 heteroatoms. The number of aryl methyl sites for hydroxylation is 1. The molecule has 102 valence electrons. The predicted molar refractivity (Wildman–Crippen MR) is 69.2 cm³/mol. The summed E-state index contributed by atoms with van der Waals surface area (Å²) in [5.41, 5.74) is 0.936. The molecule has 18 heavy (non-hydrogen) atoms. The lowest BCUT2D eigenvalue weighted by Crippen LogP contribution is -2.53. The number of aromatic nitrogens is 1. The largest absolute Gasteiger partial charge is 0.392 e. The summed E-state index contributed by atoms with van der Waals surface area (Å²) < 4.78 is 5.25. The van der Waals surface area contributed by atoms with Gasteiger partial charge in [-0.3, -0.25) is 9.80 Å². The van der Waals surface area contributed by atoms with Crippen molar-refractivity contribution >= 4 is 0 Å².